The van der Waals surface area contributed by atoms with Crippen molar-refractivity contribution in [1.29, 1.82) is 0 Å². The number of nitrogens with zero attached hydrogens (tertiary/aromatic N) is 3. The maximum atomic E-state index is 10.8. The Balaban J connectivity index is 2.34. The lowest BCUT2D eigenvalue weighted by molar-refractivity contribution is -0.385. The zero-order valence-corrected chi connectivity index (χ0v) is 11.9. The second-order valence-corrected chi connectivity index (χ2v) is 5.26. The zero-order valence-electron chi connectivity index (χ0n) is 10.3. The highest BCUT2D eigenvalue weighted by atomic mass is 79.9. The predicted octanol–water partition coefficient (Wildman–Crippen LogP) is 1.86. The van der Waals surface area contributed by atoms with Crippen molar-refractivity contribution in [3.05, 3.63) is 26.3 Å². The highest BCUT2D eigenvalue weighted by Gasteiger charge is 2.23. The summed E-state index contributed by atoms with van der Waals surface area (Å²) in [6.45, 7) is 6.44. The van der Waals surface area contributed by atoms with Crippen LogP contribution in [0.5, 0.6) is 0 Å². The number of halogens is 1. The van der Waals surface area contributed by atoms with Gasteiger partial charge in [-0.1, -0.05) is 0 Å². The van der Waals surface area contributed by atoms with Crippen molar-refractivity contribution in [3.8, 4) is 0 Å². The molecule has 0 spiro atoms. The summed E-state index contributed by atoms with van der Waals surface area (Å²) < 4.78 is 0.714. The lowest BCUT2D eigenvalue weighted by Crippen LogP contribution is -2.49. The van der Waals surface area contributed by atoms with E-state index in [0.29, 0.717) is 16.1 Å². The number of aromatic nitrogens is 1. The first-order valence-electron chi connectivity index (χ1n) is 5.78. The van der Waals surface area contributed by atoms with Crippen molar-refractivity contribution in [2.75, 3.05) is 24.5 Å². The van der Waals surface area contributed by atoms with E-state index in [0.717, 1.165) is 25.5 Å². The number of nitrogens with one attached hydrogen (secondary N) is 1. The Kier molecular flexibility index (Phi) is 3.82. The van der Waals surface area contributed by atoms with E-state index in [2.05, 4.69) is 38.1 Å². The van der Waals surface area contributed by atoms with Gasteiger partial charge >= 0.3 is 0 Å². The standard InChI is InChI=1S/C11H15BrN4O2/c1-7-6-15(4-3-13-7)11-10(12)8(2)9(5-14-11)16(17)18/h5,7,13H,3-4,6H2,1-2H3. The summed E-state index contributed by atoms with van der Waals surface area (Å²) in [5.74, 6) is 0.784. The molecule has 1 fully saturated rings. The monoisotopic (exact) mass is 314 g/mol. The van der Waals surface area contributed by atoms with Gasteiger partial charge in [0.1, 0.15) is 12.0 Å². The summed E-state index contributed by atoms with van der Waals surface area (Å²) in [6.07, 6.45) is 1.34. The summed E-state index contributed by atoms with van der Waals surface area (Å²) in [4.78, 5) is 16.8. The molecule has 0 radical (unpaired) electrons. The predicted molar refractivity (Wildman–Crippen MR) is 73.0 cm³/mol. The van der Waals surface area contributed by atoms with E-state index in [1.165, 1.54) is 6.20 Å². The number of pyridine rings is 1. The molecule has 0 saturated carbocycles. The second-order valence-electron chi connectivity index (χ2n) is 4.46. The molecule has 1 unspecified atom stereocenters. The number of anilines is 1. The van der Waals surface area contributed by atoms with Crippen LogP contribution in [0.4, 0.5) is 11.5 Å². The number of piperazine rings is 1. The summed E-state index contributed by atoms with van der Waals surface area (Å²) >= 11 is 3.43. The van der Waals surface area contributed by atoms with Crippen molar-refractivity contribution in [2.45, 2.75) is 19.9 Å². The fraction of sp³-hybridized carbons (Fsp3) is 0.545. The quantitative estimate of drug-likeness (QED) is 0.666. The molecule has 18 heavy (non-hydrogen) atoms. The van der Waals surface area contributed by atoms with Gasteiger partial charge in [0.15, 0.2) is 0 Å². The SMILES string of the molecule is Cc1c([N+](=O)[O-])cnc(N2CCNC(C)C2)c1Br. The van der Waals surface area contributed by atoms with E-state index in [1.54, 1.807) is 6.92 Å². The van der Waals surface area contributed by atoms with Crippen molar-refractivity contribution < 1.29 is 4.92 Å². The highest BCUT2D eigenvalue weighted by molar-refractivity contribution is 9.10. The summed E-state index contributed by atoms with van der Waals surface area (Å²) in [5, 5.41) is 14.2. The Bertz CT molecular complexity index is 480. The van der Waals surface area contributed by atoms with Gasteiger partial charge in [-0.3, -0.25) is 10.1 Å². The molecular weight excluding hydrogens is 300 g/mol. The van der Waals surface area contributed by atoms with Gasteiger partial charge in [-0.25, -0.2) is 4.98 Å². The zero-order chi connectivity index (χ0) is 13.3. The molecule has 1 N–H and O–H groups in total. The number of rotatable bonds is 2. The normalized spacial score (nSPS) is 19.9. The van der Waals surface area contributed by atoms with Crippen LogP contribution in [0.1, 0.15) is 12.5 Å². The highest BCUT2D eigenvalue weighted by Crippen LogP contribution is 2.32. The summed E-state index contributed by atoms with van der Waals surface area (Å²) in [7, 11) is 0. The molecule has 1 aromatic heterocycles. The molecule has 7 heteroatoms. The van der Waals surface area contributed by atoms with Gasteiger partial charge in [-0.2, -0.15) is 0 Å². The minimum Gasteiger partial charge on any atom is -0.353 e. The van der Waals surface area contributed by atoms with Gasteiger partial charge in [-0.15, -0.1) is 0 Å². The number of nitro groups is 1. The van der Waals surface area contributed by atoms with Crippen LogP contribution in [0.2, 0.25) is 0 Å². The topological polar surface area (TPSA) is 71.3 Å². The largest absolute Gasteiger partial charge is 0.353 e. The van der Waals surface area contributed by atoms with Crippen molar-refractivity contribution >= 4 is 27.4 Å². The molecule has 0 bridgehead atoms. The van der Waals surface area contributed by atoms with Gasteiger partial charge in [0, 0.05) is 31.2 Å². The van der Waals surface area contributed by atoms with E-state index in [4.69, 9.17) is 0 Å². The fourth-order valence-corrected chi connectivity index (χ4v) is 2.64. The molecule has 1 aliphatic rings. The summed E-state index contributed by atoms with van der Waals surface area (Å²) in [5.41, 5.74) is 0.671. The van der Waals surface area contributed by atoms with Crippen molar-refractivity contribution in [3.63, 3.8) is 0 Å². The Morgan fingerprint density at radius 3 is 3.00 bits per heavy atom. The lowest BCUT2D eigenvalue weighted by atomic mass is 10.2. The minimum atomic E-state index is -0.405. The average Bonchev–Trinajstić information content (AvgIpc) is 2.32. The van der Waals surface area contributed by atoms with Crippen molar-refractivity contribution in [2.24, 2.45) is 0 Å². The minimum absolute atomic E-state index is 0.0498. The fourth-order valence-electron chi connectivity index (χ4n) is 2.09. The lowest BCUT2D eigenvalue weighted by Gasteiger charge is -2.33. The third kappa shape index (κ3) is 2.46. The Hall–Kier alpha value is -1.21. The van der Waals surface area contributed by atoms with Crippen LogP contribution in [0.15, 0.2) is 10.7 Å². The third-order valence-corrected chi connectivity index (χ3v) is 4.03. The van der Waals surface area contributed by atoms with Crippen LogP contribution in [-0.4, -0.2) is 35.6 Å². The maximum Gasteiger partial charge on any atom is 0.291 e. The molecule has 1 aliphatic heterocycles. The molecule has 98 valence electrons. The smallest absolute Gasteiger partial charge is 0.291 e. The molecule has 2 rings (SSSR count). The molecule has 1 aromatic rings. The Morgan fingerprint density at radius 2 is 2.39 bits per heavy atom. The average molecular weight is 315 g/mol. The molecule has 0 aliphatic carbocycles. The van der Waals surface area contributed by atoms with Crippen LogP contribution in [0.25, 0.3) is 0 Å². The molecule has 2 heterocycles. The number of hydrogen-bond acceptors (Lipinski definition) is 5. The molecule has 1 saturated heterocycles. The van der Waals surface area contributed by atoms with Gasteiger partial charge in [0.2, 0.25) is 0 Å². The van der Waals surface area contributed by atoms with Crippen LogP contribution in [0.3, 0.4) is 0 Å². The van der Waals surface area contributed by atoms with Gasteiger partial charge in [0.05, 0.1) is 9.40 Å². The van der Waals surface area contributed by atoms with Crippen LogP contribution in [0, 0.1) is 17.0 Å². The van der Waals surface area contributed by atoms with Gasteiger partial charge in [-0.05, 0) is 29.8 Å². The Labute approximate surface area is 114 Å². The first-order valence-corrected chi connectivity index (χ1v) is 6.58. The van der Waals surface area contributed by atoms with E-state index < -0.39 is 4.92 Å². The van der Waals surface area contributed by atoms with Gasteiger partial charge in [0.25, 0.3) is 5.69 Å². The maximum absolute atomic E-state index is 10.8. The van der Waals surface area contributed by atoms with E-state index in [-0.39, 0.29) is 5.69 Å². The molecular formula is C11H15BrN4O2. The number of hydrogen-bond donors (Lipinski definition) is 1. The van der Waals surface area contributed by atoms with Crippen LogP contribution < -0.4 is 10.2 Å². The Morgan fingerprint density at radius 1 is 1.67 bits per heavy atom. The summed E-state index contributed by atoms with van der Waals surface area (Å²) in [6, 6.07) is 0.392. The second kappa shape index (κ2) is 5.19. The van der Waals surface area contributed by atoms with Crippen LogP contribution in [-0.2, 0) is 0 Å². The van der Waals surface area contributed by atoms with E-state index >= 15 is 0 Å². The molecule has 0 aromatic carbocycles. The van der Waals surface area contributed by atoms with E-state index in [9.17, 15) is 10.1 Å². The molecule has 0 amide bonds. The van der Waals surface area contributed by atoms with Crippen LogP contribution >= 0.6 is 15.9 Å². The van der Waals surface area contributed by atoms with E-state index in [1.807, 2.05) is 0 Å². The molecule has 1 atom stereocenters. The third-order valence-electron chi connectivity index (χ3n) is 3.08. The van der Waals surface area contributed by atoms with Crippen molar-refractivity contribution in [1.82, 2.24) is 10.3 Å². The molecule has 6 nitrogen and oxygen atoms in total. The van der Waals surface area contributed by atoms with Gasteiger partial charge < -0.3 is 10.2 Å². The first kappa shape index (κ1) is 13.2. The first-order chi connectivity index (χ1) is 8.50.